The van der Waals surface area contributed by atoms with Crippen LogP contribution in [-0.2, 0) is 13.3 Å². The van der Waals surface area contributed by atoms with E-state index in [2.05, 4.69) is 37.9 Å². The van der Waals surface area contributed by atoms with Gasteiger partial charge in [-0.3, -0.25) is 0 Å². The number of hydrogen-bond acceptors (Lipinski definition) is 6. The number of thiol groups is 3. The van der Waals surface area contributed by atoms with E-state index in [0.717, 1.165) is 0 Å². The molecule has 2 unspecified atom stereocenters. The fourth-order valence-corrected chi connectivity index (χ4v) is 4.94. The minimum atomic E-state index is -2.67. The molecular weight excluding hydrogens is 244 g/mol. The third-order valence-corrected chi connectivity index (χ3v) is 7.59. The molecule has 0 aliphatic heterocycles. The molecule has 0 spiro atoms. The van der Waals surface area contributed by atoms with Crippen molar-refractivity contribution in [2.45, 2.75) is 10.1 Å². The van der Waals surface area contributed by atoms with E-state index in [1.54, 1.807) is 21.3 Å². The van der Waals surface area contributed by atoms with Crippen LogP contribution in [0.5, 0.6) is 0 Å². The van der Waals surface area contributed by atoms with Crippen molar-refractivity contribution >= 4 is 46.7 Å². The summed E-state index contributed by atoms with van der Waals surface area (Å²) < 4.78 is 15.8. The topological polar surface area (TPSA) is 27.7 Å². The highest BCUT2D eigenvalue weighted by atomic mass is 32.1. The molecule has 3 nitrogen and oxygen atoms in total. The smallest absolute Gasteiger partial charge is 0.376 e. The summed E-state index contributed by atoms with van der Waals surface area (Å²) in [5, 5.41) is -0.0156. The predicted octanol–water partition coefficient (Wildman–Crippen LogP) is 0.930. The zero-order valence-corrected chi connectivity index (χ0v) is 11.6. The summed E-state index contributed by atoms with van der Waals surface area (Å²) in [6.45, 7) is 0. The molecule has 0 aromatic heterocycles. The van der Waals surface area contributed by atoms with Gasteiger partial charge in [0.25, 0.3) is 0 Å². The van der Waals surface area contributed by atoms with Gasteiger partial charge in [-0.2, -0.15) is 37.9 Å². The molecular formula is C6H16O3S3Si. The molecule has 13 heavy (non-hydrogen) atoms. The van der Waals surface area contributed by atoms with Crippen LogP contribution in [0, 0.1) is 0 Å². The molecule has 0 N–H and O–H groups in total. The maximum atomic E-state index is 5.26. The summed E-state index contributed by atoms with van der Waals surface area (Å²) in [7, 11) is 2.01. The Morgan fingerprint density at radius 1 is 1.08 bits per heavy atom. The fraction of sp³-hybridized carbons (Fsp3) is 1.00. The molecule has 0 bridgehead atoms. The Labute approximate surface area is 97.1 Å². The minimum Gasteiger partial charge on any atom is -0.376 e. The first-order chi connectivity index (χ1) is 6.07. The second-order valence-corrected chi connectivity index (χ2v) is 7.54. The van der Waals surface area contributed by atoms with Crippen LogP contribution in [0.1, 0.15) is 0 Å². The Morgan fingerprint density at radius 3 is 1.69 bits per heavy atom. The van der Waals surface area contributed by atoms with Crippen molar-refractivity contribution in [2.75, 3.05) is 27.1 Å². The van der Waals surface area contributed by atoms with E-state index in [9.17, 15) is 0 Å². The Kier molecular flexibility index (Phi) is 7.18. The summed E-state index contributed by atoms with van der Waals surface area (Å²) >= 11 is 12.8. The summed E-state index contributed by atoms with van der Waals surface area (Å²) in [5.74, 6) is 0.599. The first-order valence-electron chi connectivity index (χ1n) is 3.70. The molecule has 0 fully saturated rings. The van der Waals surface area contributed by atoms with Crippen molar-refractivity contribution in [1.29, 1.82) is 0 Å². The van der Waals surface area contributed by atoms with Gasteiger partial charge >= 0.3 is 8.80 Å². The molecule has 0 saturated heterocycles. The van der Waals surface area contributed by atoms with Gasteiger partial charge in [0.2, 0.25) is 0 Å². The molecule has 0 amide bonds. The van der Waals surface area contributed by atoms with E-state index < -0.39 is 8.80 Å². The largest absolute Gasteiger partial charge is 0.514 e. The Balaban J connectivity index is 4.52. The Morgan fingerprint density at radius 2 is 1.46 bits per heavy atom. The predicted molar refractivity (Wildman–Crippen MR) is 66.2 cm³/mol. The number of hydrogen-bond donors (Lipinski definition) is 3. The van der Waals surface area contributed by atoms with E-state index in [1.165, 1.54) is 0 Å². The van der Waals surface area contributed by atoms with Gasteiger partial charge < -0.3 is 13.3 Å². The van der Waals surface area contributed by atoms with Crippen LogP contribution in [0.4, 0.5) is 0 Å². The van der Waals surface area contributed by atoms with Gasteiger partial charge in [0, 0.05) is 32.3 Å². The summed E-state index contributed by atoms with van der Waals surface area (Å²) in [6, 6.07) is 0. The van der Waals surface area contributed by atoms with Crippen molar-refractivity contribution in [3.63, 3.8) is 0 Å². The van der Waals surface area contributed by atoms with E-state index in [-0.39, 0.29) is 10.1 Å². The molecule has 0 aliphatic carbocycles. The lowest BCUT2D eigenvalue weighted by atomic mass is 10.5. The Hall–Kier alpha value is 1.15. The maximum Gasteiger partial charge on any atom is 0.514 e. The average Bonchev–Trinajstić information content (AvgIpc) is 2.20. The summed E-state index contributed by atoms with van der Waals surface area (Å²) in [4.78, 5) is -0.173. The highest BCUT2D eigenvalue weighted by Crippen LogP contribution is 2.23. The summed E-state index contributed by atoms with van der Waals surface area (Å²) in [6.07, 6.45) is 0. The normalized spacial score (nSPS) is 17.1. The van der Waals surface area contributed by atoms with Gasteiger partial charge in [-0.25, -0.2) is 0 Å². The van der Waals surface area contributed by atoms with Crippen molar-refractivity contribution in [3.05, 3.63) is 0 Å². The summed E-state index contributed by atoms with van der Waals surface area (Å²) in [5.41, 5.74) is 0. The molecule has 0 heterocycles. The van der Waals surface area contributed by atoms with E-state index >= 15 is 0 Å². The van der Waals surface area contributed by atoms with Crippen LogP contribution in [0.3, 0.4) is 0 Å². The molecule has 7 heteroatoms. The fourth-order valence-electron chi connectivity index (χ4n) is 0.948. The third-order valence-electron chi connectivity index (χ3n) is 1.77. The average molecular weight is 260 g/mol. The molecule has 2 atom stereocenters. The van der Waals surface area contributed by atoms with Crippen LogP contribution in [0.25, 0.3) is 0 Å². The molecule has 0 aliphatic rings. The zero-order chi connectivity index (χ0) is 10.5. The van der Waals surface area contributed by atoms with E-state index in [0.29, 0.717) is 5.75 Å². The molecule has 0 aromatic carbocycles. The SMILES string of the molecule is CO[Si](OC)(OC)C(S)C(S)CS. The lowest BCUT2D eigenvalue weighted by molar-refractivity contribution is 0.122. The molecule has 0 radical (unpaired) electrons. The standard InChI is InChI=1S/C6H16O3S3Si/c1-7-13(8-2,9-3)6(12)5(11)4-10/h5-6,10-12H,4H2,1-3H3. The molecule has 0 rings (SSSR count). The Bertz CT molecular complexity index is 137. The maximum absolute atomic E-state index is 5.26. The zero-order valence-electron chi connectivity index (χ0n) is 7.93. The monoisotopic (exact) mass is 260 g/mol. The van der Waals surface area contributed by atoms with Crippen molar-refractivity contribution < 1.29 is 13.3 Å². The second-order valence-electron chi connectivity index (χ2n) is 2.41. The van der Waals surface area contributed by atoms with Crippen LogP contribution in [-0.4, -0.2) is 46.0 Å². The van der Waals surface area contributed by atoms with Gasteiger partial charge in [0.1, 0.15) is 0 Å². The van der Waals surface area contributed by atoms with Crippen LogP contribution < -0.4 is 0 Å². The van der Waals surface area contributed by atoms with Crippen molar-refractivity contribution in [1.82, 2.24) is 0 Å². The first kappa shape index (κ1) is 14.1. The van der Waals surface area contributed by atoms with Gasteiger partial charge in [0.05, 0.1) is 4.87 Å². The van der Waals surface area contributed by atoms with Crippen LogP contribution in [0.2, 0.25) is 0 Å². The van der Waals surface area contributed by atoms with Gasteiger partial charge in [-0.15, -0.1) is 0 Å². The molecule has 80 valence electrons. The lowest BCUT2D eigenvalue weighted by Gasteiger charge is -2.31. The van der Waals surface area contributed by atoms with Crippen LogP contribution in [0.15, 0.2) is 0 Å². The first-order valence-corrected chi connectivity index (χ1v) is 7.17. The van der Waals surface area contributed by atoms with Crippen molar-refractivity contribution in [2.24, 2.45) is 0 Å². The van der Waals surface area contributed by atoms with Gasteiger partial charge in [-0.05, 0) is 0 Å². The lowest BCUT2D eigenvalue weighted by Crippen LogP contribution is -2.55. The van der Waals surface area contributed by atoms with E-state index in [1.807, 2.05) is 0 Å². The minimum absolute atomic E-state index is 0.0156. The van der Waals surface area contributed by atoms with Crippen molar-refractivity contribution in [3.8, 4) is 0 Å². The van der Waals surface area contributed by atoms with Gasteiger partial charge in [0.15, 0.2) is 0 Å². The van der Waals surface area contributed by atoms with Gasteiger partial charge in [-0.1, -0.05) is 0 Å². The number of rotatable bonds is 6. The second kappa shape index (κ2) is 6.60. The third kappa shape index (κ3) is 3.33. The highest BCUT2D eigenvalue weighted by Gasteiger charge is 2.48. The molecule has 0 aromatic rings. The molecule has 0 saturated carbocycles. The van der Waals surface area contributed by atoms with Crippen LogP contribution >= 0.6 is 37.9 Å². The van der Waals surface area contributed by atoms with E-state index in [4.69, 9.17) is 13.3 Å². The highest BCUT2D eigenvalue weighted by molar-refractivity contribution is 7.88. The quantitative estimate of drug-likeness (QED) is 0.490.